The lowest BCUT2D eigenvalue weighted by Crippen LogP contribution is -2.55. The molecule has 3 heterocycles. The van der Waals surface area contributed by atoms with E-state index in [-0.39, 0.29) is 11.6 Å². The number of hydrazine groups is 1. The van der Waals surface area contributed by atoms with Crippen LogP contribution in [0.4, 0.5) is 22.7 Å². The van der Waals surface area contributed by atoms with Crippen molar-refractivity contribution < 1.29 is 19.6 Å². The van der Waals surface area contributed by atoms with Crippen molar-refractivity contribution >= 4 is 50.5 Å². The second-order valence-electron chi connectivity index (χ2n) is 10.7. The molecule has 3 unspecified atom stereocenters. The summed E-state index contributed by atoms with van der Waals surface area (Å²) in [6.07, 6.45) is 5.91. The zero-order valence-electron chi connectivity index (χ0n) is 22.7. The van der Waals surface area contributed by atoms with Gasteiger partial charge < -0.3 is 15.4 Å². The lowest BCUT2D eigenvalue weighted by atomic mass is 9.90. The van der Waals surface area contributed by atoms with Crippen LogP contribution in [0.25, 0.3) is 0 Å². The predicted octanol–water partition coefficient (Wildman–Crippen LogP) is 5.21. The number of nitro groups is 1. The third-order valence-corrected chi connectivity index (χ3v) is 8.68. The summed E-state index contributed by atoms with van der Waals surface area (Å²) >= 11 is 3.41. The van der Waals surface area contributed by atoms with E-state index in [1.807, 2.05) is 36.4 Å². The van der Waals surface area contributed by atoms with Crippen LogP contribution in [0.1, 0.15) is 30.9 Å². The van der Waals surface area contributed by atoms with Gasteiger partial charge in [-0.05, 0) is 73.4 Å². The number of rotatable bonds is 7. The molecule has 2 fully saturated rings. The lowest BCUT2D eigenvalue weighted by Gasteiger charge is -2.40. The summed E-state index contributed by atoms with van der Waals surface area (Å²) in [5.41, 5.74) is 5.78. The molecule has 6 rings (SSSR count). The topological polar surface area (TPSA) is 119 Å². The van der Waals surface area contributed by atoms with E-state index >= 15 is 0 Å². The Kier molecular flexibility index (Phi) is 7.80. The maximum absolute atomic E-state index is 14.0. The summed E-state index contributed by atoms with van der Waals surface area (Å²) in [6, 6.07) is 18.9. The summed E-state index contributed by atoms with van der Waals surface area (Å²) in [6.45, 7) is 1.97. The number of nitrogens with one attached hydrogen (secondary N) is 1. The molecular formula is C31H30BrN5O5. The zero-order valence-corrected chi connectivity index (χ0v) is 24.3. The number of imide groups is 1. The molecule has 3 aromatic carbocycles. The van der Waals surface area contributed by atoms with Crippen molar-refractivity contribution in [3.8, 4) is 0 Å². The van der Waals surface area contributed by atoms with Crippen LogP contribution in [0.2, 0.25) is 0 Å². The molecule has 10 nitrogen and oxygen atoms in total. The van der Waals surface area contributed by atoms with Crippen molar-refractivity contribution in [1.82, 2.24) is 5.01 Å². The minimum Gasteiger partial charge on any atom is -0.386 e. The first-order valence-corrected chi connectivity index (χ1v) is 14.8. The van der Waals surface area contributed by atoms with Crippen molar-refractivity contribution in [1.29, 1.82) is 0 Å². The number of aliphatic hydroxyl groups is 1. The highest BCUT2D eigenvalue weighted by Gasteiger charge is 2.54. The number of piperidine rings is 1. The second kappa shape index (κ2) is 11.7. The number of hydrogen-bond donors (Lipinski definition) is 2. The molecule has 0 aromatic heterocycles. The first kappa shape index (κ1) is 28.1. The minimum absolute atomic E-state index is 0.0743. The average molecular weight is 633 g/mol. The van der Waals surface area contributed by atoms with Gasteiger partial charge >= 0.3 is 0 Å². The first-order valence-electron chi connectivity index (χ1n) is 14.0. The Bertz CT molecular complexity index is 1510. The highest BCUT2D eigenvalue weighted by Crippen LogP contribution is 2.38. The largest absolute Gasteiger partial charge is 0.386 e. The summed E-state index contributed by atoms with van der Waals surface area (Å²) in [5, 5.41) is 24.2. The minimum atomic E-state index is -1.04. The number of anilines is 3. The van der Waals surface area contributed by atoms with Gasteiger partial charge in [0.25, 0.3) is 11.6 Å². The predicted molar refractivity (Wildman–Crippen MR) is 163 cm³/mol. The molecule has 2 amide bonds. The van der Waals surface area contributed by atoms with Gasteiger partial charge in [-0.1, -0.05) is 40.2 Å². The molecule has 11 heteroatoms. The maximum Gasteiger partial charge on any atom is 0.269 e. The molecule has 2 saturated heterocycles. The Labute approximate surface area is 251 Å². The first-order chi connectivity index (χ1) is 20.3. The Morgan fingerprint density at radius 2 is 1.50 bits per heavy atom. The van der Waals surface area contributed by atoms with Gasteiger partial charge in [-0.2, -0.15) is 0 Å². The molecular weight excluding hydrogens is 602 g/mol. The van der Waals surface area contributed by atoms with Gasteiger partial charge in [0.2, 0.25) is 5.91 Å². The van der Waals surface area contributed by atoms with E-state index in [0.29, 0.717) is 16.9 Å². The van der Waals surface area contributed by atoms with Gasteiger partial charge in [-0.15, -0.1) is 0 Å². The van der Waals surface area contributed by atoms with E-state index in [9.17, 15) is 24.8 Å². The van der Waals surface area contributed by atoms with E-state index < -0.39 is 34.9 Å². The number of hydrogen-bond acceptors (Lipinski definition) is 8. The number of carbonyl (C=O) groups excluding carboxylic acids is 2. The Hall–Kier alpha value is -4.06. The fourth-order valence-corrected chi connectivity index (χ4v) is 6.22. The van der Waals surface area contributed by atoms with Crippen LogP contribution in [0.3, 0.4) is 0 Å². The van der Waals surface area contributed by atoms with Crippen molar-refractivity contribution in [3.05, 3.63) is 105 Å². The monoisotopic (exact) mass is 631 g/mol. The standard InChI is InChI=1S/C31H30BrN5O5/c32-21-6-4-20(5-7-21)29(38)27-17-16-26-28(36(27)33-22-8-10-25(11-9-22)37(41)42)31(40)35(30(26)39)24-14-12-23(13-15-24)34-18-2-1-3-19-34/h4-17,26-29,33,38H,1-3,18-19H2/t26?,27?,28-,29?/m0/s1. The van der Waals surface area contributed by atoms with Crippen LogP contribution >= 0.6 is 15.9 Å². The second-order valence-corrected chi connectivity index (χ2v) is 11.7. The van der Waals surface area contributed by atoms with Gasteiger partial charge in [0.15, 0.2) is 0 Å². The van der Waals surface area contributed by atoms with E-state index in [1.165, 1.54) is 35.6 Å². The normalized spacial score (nSPS) is 23.1. The Balaban J connectivity index is 1.32. The number of nitro benzene ring substituents is 1. The van der Waals surface area contributed by atoms with E-state index in [2.05, 4.69) is 26.3 Å². The SMILES string of the molecule is O=C1C2C=CC(C(O)c3ccc(Br)cc3)N(Nc3ccc([N+](=O)[O-])cc3)[C@@H]2C(=O)N1c1ccc(N2CCCCC2)cc1. The van der Waals surface area contributed by atoms with Crippen LogP contribution in [-0.2, 0) is 9.59 Å². The third kappa shape index (κ3) is 5.31. The van der Waals surface area contributed by atoms with Crippen molar-refractivity contribution in [2.75, 3.05) is 28.3 Å². The molecule has 0 saturated carbocycles. The van der Waals surface area contributed by atoms with Gasteiger partial charge in [-0.25, -0.2) is 9.91 Å². The zero-order chi connectivity index (χ0) is 29.4. The van der Waals surface area contributed by atoms with Crippen LogP contribution in [0.5, 0.6) is 0 Å². The Morgan fingerprint density at radius 3 is 2.14 bits per heavy atom. The molecule has 3 aliphatic rings. The highest BCUT2D eigenvalue weighted by atomic mass is 79.9. The fourth-order valence-electron chi connectivity index (χ4n) is 5.95. The maximum atomic E-state index is 14.0. The van der Waals surface area contributed by atoms with Crippen LogP contribution < -0.4 is 15.2 Å². The number of amides is 2. The number of non-ortho nitro benzene ring substituents is 1. The smallest absolute Gasteiger partial charge is 0.269 e. The van der Waals surface area contributed by atoms with Crippen LogP contribution in [0.15, 0.2) is 89.4 Å². The third-order valence-electron chi connectivity index (χ3n) is 8.16. The van der Waals surface area contributed by atoms with Crippen molar-refractivity contribution in [3.63, 3.8) is 0 Å². The number of halogens is 1. The molecule has 0 aliphatic carbocycles. The van der Waals surface area contributed by atoms with E-state index in [0.717, 1.165) is 36.1 Å². The molecule has 2 N–H and O–H groups in total. The quantitative estimate of drug-likeness (QED) is 0.158. The molecule has 0 spiro atoms. The van der Waals surface area contributed by atoms with Gasteiger partial charge in [0, 0.05) is 41.1 Å². The molecule has 216 valence electrons. The molecule has 4 atom stereocenters. The number of benzene rings is 3. The molecule has 42 heavy (non-hydrogen) atoms. The van der Waals surface area contributed by atoms with E-state index in [1.54, 1.807) is 29.3 Å². The number of nitrogens with zero attached hydrogens (tertiary/aromatic N) is 4. The van der Waals surface area contributed by atoms with E-state index in [4.69, 9.17) is 0 Å². The Morgan fingerprint density at radius 1 is 0.857 bits per heavy atom. The summed E-state index contributed by atoms with van der Waals surface area (Å²) in [5.74, 6) is -1.54. The van der Waals surface area contributed by atoms with Gasteiger partial charge in [0.05, 0.1) is 28.7 Å². The summed E-state index contributed by atoms with van der Waals surface area (Å²) in [7, 11) is 0. The highest BCUT2D eigenvalue weighted by molar-refractivity contribution is 9.10. The average Bonchev–Trinajstić information content (AvgIpc) is 3.27. The molecule has 0 bridgehead atoms. The molecule has 3 aromatic rings. The molecule has 3 aliphatic heterocycles. The van der Waals surface area contributed by atoms with Gasteiger partial charge in [-0.3, -0.25) is 19.7 Å². The van der Waals surface area contributed by atoms with Crippen molar-refractivity contribution in [2.45, 2.75) is 37.5 Å². The molecule has 0 radical (unpaired) electrons. The number of fused-ring (bicyclic) bond motifs is 1. The van der Waals surface area contributed by atoms with Gasteiger partial charge in [0.1, 0.15) is 6.04 Å². The summed E-state index contributed by atoms with van der Waals surface area (Å²) < 4.78 is 0.858. The number of carbonyl (C=O) groups is 2. The summed E-state index contributed by atoms with van der Waals surface area (Å²) in [4.78, 5) is 41.9. The van der Waals surface area contributed by atoms with Crippen LogP contribution in [-0.4, -0.2) is 52.0 Å². The van der Waals surface area contributed by atoms with Crippen LogP contribution in [0, 0.1) is 16.0 Å². The fraction of sp³-hybridized carbons (Fsp3) is 0.290. The number of aliphatic hydroxyl groups excluding tert-OH is 1. The van der Waals surface area contributed by atoms with Crippen molar-refractivity contribution in [2.24, 2.45) is 5.92 Å². The lowest BCUT2D eigenvalue weighted by molar-refractivity contribution is -0.384.